The highest BCUT2D eigenvalue weighted by Crippen LogP contribution is 2.42. The van der Waals surface area contributed by atoms with E-state index in [0.29, 0.717) is 12.0 Å². The molecule has 0 fully saturated rings. The first-order chi connectivity index (χ1) is 31.9. The fourth-order valence-corrected chi connectivity index (χ4v) is 11.4. The zero-order chi connectivity index (χ0) is 43.4. The number of fused-ring (bicyclic) bond motifs is 9. The summed E-state index contributed by atoms with van der Waals surface area (Å²) in [6.07, 6.45) is 20.9. The summed E-state index contributed by atoms with van der Waals surface area (Å²) < 4.78 is 7.57. The van der Waals surface area contributed by atoms with Crippen LogP contribution in [0.2, 0.25) is 0 Å². The van der Waals surface area contributed by atoms with Gasteiger partial charge in [-0.15, -0.1) is 0 Å². The van der Waals surface area contributed by atoms with Crippen molar-refractivity contribution in [1.29, 1.82) is 0 Å². The maximum Gasteiger partial charge on any atom is 0.0557 e. The highest BCUT2D eigenvalue weighted by atomic mass is 15.0. The quantitative estimate of drug-likeness (QED) is 0.159. The van der Waals surface area contributed by atoms with E-state index < -0.39 is 0 Å². The maximum absolute atomic E-state index is 2.63. The zero-order valence-corrected chi connectivity index (χ0v) is 37.0. The van der Waals surface area contributed by atoms with E-state index in [-0.39, 0.29) is 5.41 Å². The summed E-state index contributed by atoms with van der Waals surface area (Å²) in [4.78, 5) is 0. The normalized spacial score (nSPS) is 17.2. The predicted octanol–water partition coefficient (Wildman–Crippen LogP) is 14.9. The molecule has 0 saturated carbocycles. The van der Waals surface area contributed by atoms with E-state index in [1.54, 1.807) is 0 Å². The van der Waals surface area contributed by atoms with Gasteiger partial charge >= 0.3 is 0 Å². The van der Waals surface area contributed by atoms with Crippen molar-refractivity contribution in [1.82, 2.24) is 13.7 Å². The molecule has 3 aliphatic rings. The lowest BCUT2D eigenvalue weighted by Crippen LogP contribution is -2.25. The Morgan fingerprint density at radius 1 is 0.477 bits per heavy atom. The Hall–Kier alpha value is -7.62. The Morgan fingerprint density at radius 3 is 1.91 bits per heavy atom. The zero-order valence-electron chi connectivity index (χ0n) is 37.0. The summed E-state index contributed by atoms with van der Waals surface area (Å²) in [6.45, 7) is 7.04. The average Bonchev–Trinajstić information content (AvgIpc) is 4.06. The number of aromatic nitrogens is 3. The number of rotatable bonds is 6. The molecule has 312 valence electrons. The Morgan fingerprint density at radius 2 is 1.12 bits per heavy atom. The van der Waals surface area contributed by atoms with Gasteiger partial charge in [-0.05, 0) is 113 Å². The molecule has 0 N–H and O–H groups in total. The van der Waals surface area contributed by atoms with Crippen molar-refractivity contribution < 1.29 is 0 Å². The second-order valence-corrected chi connectivity index (χ2v) is 19.1. The minimum Gasteiger partial charge on any atom is -0.336 e. The Labute approximate surface area is 379 Å². The molecule has 2 atom stereocenters. The third-order valence-electron chi connectivity index (χ3n) is 14.4. The van der Waals surface area contributed by atoms with Gasteiger partial charge < -0.3 is 13.7 Å². The summed E-state index contributed by atoms with van der Waals surface area (Å²) in [6, 6.07) is 59.1. The third kappa shape index (κ3) is 6.02. The molecule has 0 amide bonds. The van der Waals surface area contributed by atoms with Gasteiger partial charge in [-0.1, -0.05) is 160 Å². The maximum atomic E-state index is 2.63. The van der Waals surface area contributed by atoms with Gasteiger partial charge in [-0.25, -0.2) is 0 Å². The number of allylic oxidation sites excluding steroid dienone is 5. The van der Waals surface area contributed by atoms with Crippen LogP contribution in [0.25, 0.3) is 107 Å². The van der Waals surface area contributed by atoms with Crippen LogP contribution < -0.4 is 10.6 Å². The third-order valence-corrected chi connectivity index (χ3v) is 14.4. The van der Waals surface area contributed by atoms with Crippen LogP contribution in [-0.4, -0.2) is 13.7 Å². The van der Waals surface area contributed by atoms with E-state index in [1.807, 2.05) is 0 Å². The van der Waals surface area contributed by atoms with Crippen molar-refractivity contribution in [2.24, 2.45) is 5.41 Å². The standard InChI is InChI=1S/C62H49N3/c1-40-14-12-22-51-54-37-49(30-33-59(54)65(61(40)51)47-19-8-5-9-20-47)64-58-32-27-46(36-53(58)55-38-62(2,3)39-60(55)64)45-26-31-57-52(35-45)50-21-10-11-23-56(50)63(57)48-28-24-42(25-29-48)44-18-13-17-43(34-44)41-15-6-4-7-16-41/h4-13,15-19,21-40,47H,14,20H2,1-3H3. The molecule has 3 heteroatoms. The van der Waals surface area contributed by atoms with Crippen LogP contribution in [-0.2, 0) is 0 Å². The van der Waals surface area contributed by atoms with Crippen LogP contribution in [0.1, 0.15) is 56.8 Å². The topological polar surface area (TPSA) is 14.8 Å². The first-order valence-corrected chi connectivity index (χ1v) is 23.3. The summed E-state index contributed by atoms with van der Waals surface area (Å²) in [5.41, 5.74) is 17.5. The van der Waals surface area contributed by atoms with Crippen molar-refractivity contribution in [2.75, 3.05) is 0 Å². The Balaban J connectivity index is 0.907. The molecule has 2 unspecified atom stereocenters. The van der Waals surface area contributed by atoms with Gasteiger partial charge in [0.25, 0.3) is 0 Å². The van der Waals surface area contributed by atoms with Crippen molar-refractivity contribution in [2.45, 2.75) is 45.6 Å². The monoisotopic (exact) mass is 835 g/mol. The summed E-state index contributed by atoms with van der Waals surface area (Å²) >= 11 is 0. The van der Waals surface area contributed by atoms with Gasteiger partial charge in [0, 0.05) is 66.2 Å². The molecule has 3 nitrogen and oxygen atoms in total. The number of benzene rings is 7. The summed E-state index contributed by atoms with van der Waals surface area (Å²) in [5.74, 6) is 0.473. The van der Waals surface area contributed by atoms with Gasteiger partial charge in [0.2, 0.25) is 0 Å². The van der Waals surface area contributed by atoms with Crippen LogP contribution in [0.15, 0.2) is 188 Å². The molecule has 0 aliphatic heterocycles. The largest absolute Gasteiger partial charge is 0.336 e. The average molecular weight is 836 g/mol. The molecule has 3 aromatic heterocycles. The molecule has 10 aromatic rings. The van der Waals surface area contributed by atoms with E-state index >= 15 is 0 Å². The van der Waals surface area contributed by atoms with E-state index in [2.05, 4.69) is 241 Å². The molecule has 0 bridgehead atoms. The number of hydrogen-bond donors (Lipinski definition) is 0. The molecule has 65 heavy (non-hydrogen) atoms. The second-order valence-electron chi connectivity index (χ2n) is 19.1. The minimum atomic E-state index is -0.0483. The second kappa shape index (κ2) is 14.5. The van der Waals surface area contributed by atoms with E-state index in [1.165, 1.54) is 105 Å². The lowest BCUT2D eigenvalue weighted by Gasteiger charge is -2.24. The first-order valence-electron chi connectivity index (χ1n) is 23.3. The number of nitrogens with zero attached hydrogens (tertiary/aromatic N) is 3. The molecule has 3 aliphatic carbocycles. The lowest BCUT2D eigenvalue weighted by atomic mass is 9.92. The molecular formula is C62H49N3. The van der Waals surface area contributed by atoms with E-state index in [4.69, 9.17) is 0 Å². The highest BCUT2D eigenvalue weighted by Gasteiger charge is 2.27. The van der Waals surface area contributed by atoms with Gasteiger partial charge in [0.15, 0.2) is 0 Å². The Bertz CT molecular complexity index is 3800. The molecule has 3 heterocycles. The number of para-hydroxylation sites is 1. The molecule has 0 saturated heterocycles. The van der Waals surface area contributed by atoms with E-state index in [9.17, 15) is 0 Å². The summed E-state index contributed by atoms with van der Waals surface area (Å²) in [5, 5.41) is 7.76. The van der Waals surface area contributed by atoms with Crippen LogP contribution in [0.3, 0.4) is 0 Å². The number of hydrogen-bond acceptors (Lipinski definition) is 0. The van der Waals surface area contributed by atoms with E-state index in [0.717, 1.165) is 18.5 Å². The first kappa shape index (κ1) is 37.9. The molecular weight excluding hydrogens is 787 g/mol. The highest BCUT2D eigenvalue weighted by molar-refractivity contribution is 6.10. The van der Waals surface area contributed by atoms with Gasteiger partial charge in [0.05, 0.1) is 27.9 Å². The SMILES string of the molecule is CC1CC=Cc2c1n(C1C=CC=CC1)c1ccc(-n3c4c(c5cc(-c6ccc7c(c6)c6ccccc6n7-c6ccc(-c7cccc(-c8ccccc8)c7)cc6)ccc53)=CC(C)(C)C=4)cc21. The van der Waals surface area contributed by atoms with Gasteiger partial charge in [-0.2, -0.15) is 0 Å². The smallest absolute Gasteiger partial charge is 0.0557 e. The van der Waals surface area contributed by atoms with Crippen molar-refractivity contribution in [3.63, 3.8) is 0 Å². The Kier molecular flexibility index (Phi) is 8.43. The summed E-state index contributed by atoms with van der Waals surface area (Å²) in [7, 11) is 0. The molecule has 13 rings (SSSR count). The fraction of sp³-hybridized carbons (Fsp3) is 0.129. The predicted molar refractivity (Wildman–Crippen MR) is 275 cm³/mol. The molecule has 7 aromatic carbocycles. The van der Waals surface area contributed by atoms with Crippen molar-refractivity contribution in [3.8, 4) is 44.8 Å². The molecule has 0 radical (unpaired) electrons. The van der Waals surface area contributed by atoms with Crippen LogP contribution >= 0.6 is 0 Å². The lowest BCUT2D eigenvalue weighted by molar-refractivity contribution is 0.570. The van der Waals surface area contributed by atoms with Crippen LogP contribution in [0.5, 0.6) is 0 Å². The van der Waals surface area contributed by atoms with Crippen LogP contribution in [0, 0.1) is 5.41 Å². The van der Waals surface area contributed by atoms with Crippen LogP contribution in [0.4, 0.5) is 0 Å². The molecule has 0 spiro atoms. The van der Waals surface area contributed by atoms with Crippen molar-refractivity contribution in [3.05, 3.63) is 210 Å². The van der Waals surface area contributed by atoms with Gasteiger partial charge in [0.1, 0.15) is 0 Å². The fourth-order valence-electron chi connectivity index (χ4n) is 11.4. The van der Waals surface area contributed by atoms with Crippen molar-refractivity contribution >= 4 is 61.8 Å². The minimum absolute atomic E-state index is 0.0483. The van der Waals surface area contributed by atoms with Gasteiger partial charge in [-0.3, -0.25) is 0 Å².